The van der Waals surface area contributed by atoms with Crippen molar-refractivity contribution in [1.82, 2.24) is 10.2 Å². The number of fused-ring (bicyclic) bond motifs is 1. The zero-order chi connectivity index (χ0) is 20.9. The van der Waals surface area contributed by atoms with Crippen molar-refractivity contribution in [3.05, 3.63) is 36.4 Å². The Morgan fingerprint density at radius 2 is 1.90 bits per heavy atom. The van der Waals surface area contributed by atoms with E-state index in [4.69, 9.17) is 18.9 Å². The number of amides is 1. The Bertz CT molecular complexity index is 903. The predicted octanol–water partition coefficient (Wildman–Crippen LogP) is 1.30. The Balaban J connectivity index is 1.44. The van der Waals surface area contributed by atoms with Gasteiger partial charge in [0, 0.05) is 25.7 Å². The summed E-state index contributed by atoms with van der Waals surface area (Å²) < 4.78 is 22.5. The average molecular weight is 414 g/mol. The molecule has 0 spiro atoms. The van der Waals surface area contributed by atoms with Crippen molar-refractivity contribution < 1.29 is 28.8 Å². The van der Waals surface area contributed by atoms with E-state index in [2.05, 4.69) is 5.32 Å². The molecule has 1 amide bonds. The Labute approximate surface area is 175 Å². The molecule has 4 rings (SSSR count). The van der Waals surface area contributed by atoms with Crippen LogP contribution in [0.4, 0.5) is 0 Å². The summed E-state index contributed by atoms with van der Waals surface area (Å²) in [7, 11) is 1.60. The number of β-amino-alcohol motifs (C(OH)–C–C–N with tert-alkyl or cyclic N) is 1. The Kier molecular flexibility index (Phi) is 6.25. The van der Waals surface area contributed by atoms with Gasteiger partial charge >= 0.3 is 0 Å². The number of piperazine rings is 1. The molecule has 0 aliphatic carbocycles. The third kappa shape index (κ3) is 4.95. The van der Waals surface area contributed by atoms with Crippen molar-refractivity contribution >= 4 is 5.91 Å². The van der Waals surface area contributed by atoms with Crippen LogP contribution in [-0.2, 0) is 4.79 Å². The third-order valence-electron chi connectivity index (χ3n) is 5.02. The number of benzene rings is 2. The molecule has 0 saturated carbocycles. The molecular weight excluding hydrogens is 388 g/mol. The number of ether oxygens (including phenoxy) is 4. The number of nitrogens with one attached hydrogen (secondary N) is 1. The summed E-state index contributed by atoms with van der Waals surface area (Å²) in [5, 5.41) is 13.1. The molecule has 1 saturated heterocycles. The molecule has 2 aromatic carbocycles. The van der Waals surface area contributed by atoms with E-state index in [1.807, 2.05) is 35.2 Å². The smallest absolute Gasteiger partial charge is 0.234 e. The van der Waals surface area contributed by atoms with E-state index in [-0.39, 0.29) is 12.5 Å². The molecule has 2 aromatic rings. The van der Waals surface area contributed by atoms with Gasteiger partial charge in [0.1, 0.15) is 37.4 Å². The van der Waals surface area contributed by atoms with Crippen LogP contribution in [0.5, 0.6) is 23.0 Å². The zero-order valence-corrected chi connectivity index (χ0v) is 16.9. The largest absolute Gasteiger partial charge is 0.497 e. The number of hydrogen-bond acceptors (Lipinski definition) is 7. The van der Waals surface area contributed by atoms with E-state index in [0.29, 0.717) is 50.1 Å². The maximum Gasteiger partial charge on any atom is 0.234 e. The summed E-state index contributed by atoms with van der Waals surface area (Å²) in [4.78, 5) is 13.4. The highest BCUT2D eigenvalue weighted by Crippen LogP contribution is 2.37. The number of rotatable bonds is 7. The fourth-order valence-electron chi connectivity index (χ4n) is 3.55. The van der Waals surface area contributed by atoms with Crippen molar-refractivity contribution in [3.63, 3.8) is 0 Å². The lowest BCUT2D eigenvalue weighted by Gasteiger charge is -2.28. The summed E-state index contributed by atoms with van der Waals surface area (Å²) >= 11 is 0. The van der Waals surface area contributed by atoms with Gasteiger partial charge in [-0.25, -0.2) is 0 Å². The Morgan fingerprint density at radius 3 is 2.70 bits per heavy atom. The average Bonchev–Trinajstić information content (AvgIpc) is 2.77. The molecular formula is C22H26N2O6. The van der Waals surface area contributed by atoms with Crippen LogP contribution in [0.15, 0.2) is 36.4 Å². The van der Waals surface area contributed by atoms with Crippen LogP contribution >= 0.6 is 0 Å². The second-order valence-electron chi connectivity index (χ2n) is 7.31. The summed E-state index contributed by atoms with van der Waals surface area (Å²) in [5.74, 6) is 2.67. The van der Waals surface area contributed by atoms with Crippen molar-refractivity contribution in [2.24, 2.45) is 0 Å². The summed E-state index contributed by atoms with van der Waals surface area (Å²) in [5.41, 5.74) is 1.85. The minimum Gasteiger partial charge on any atom is -0.497 e. The van der Waals surface area contributed by atoms with Gasteiger partial charge in [0.2, 0.25) is 5.91 Å². The van der Waals surface area contributed by atoms with Crippen molar-refractivity contribution in [2.75, 3.05) is 53.1 Å². The van der Waals surface area contributed by atoms with Gasteiger partial charge in [-0.2, -0.15) is 0 Å². The molecule has 2 heterocycles. The van der Waals surface area contributed by atoms with E-state index < -0.39 is 6.10 Å². The Morgan fingerprint density at radius 1 is 1.10 bits per heavy atom. The van der Waals surface area contributed by atoms with Crippen LogP contribution in [0.25, 0.3) is 11.1 Å². The molecule has 1 fully saturated rings. The first kappa shape index (κ1) is 20.3. The lowest BCUT2D eigenvalue weighted by Crippen LogP contribution is -2.50. The molecule has 0 radical (unpaired) electrons. The van der Waals surface area contributed by atoms with Crippen molar-refractivity contribution in [3.8, 4) is 34.1 Å². The Hall–Kier alpha value is -2.97. The van der Waals surface area contributed by atoms with E-state index >= 15 is 0 Å². The second-order valence-corrected chi connectivity index (χ2v) is 7.31. The summed E-state index contributed by atoms with van der Waals surface area (Å²) in [6, 6.07) is 11.4. The molecule has 1 atom stereocenters. The normalized spacial score (nSPS) is 17.2. The van der Waals surface area contributed by atoms with E-state index in [1.54, 1.807) is 13.2 Å². The second kappa shape index (κ2) is 9.23. The quantitative estimate of drug-likeness (QED) is 0.706. The van der Waals surface area contributed by atoms with Crippen molar-refractivity contribution in [2.45, 2.75) is 6.10 Å². The van der Waals surface area contributed by atoms with Gasteiger partial charge < -0.3 is 29.4 Å². The van der Waals surface area contributed by atoms with Crippen LogP contribution in [0.2, 0.25) is 0 Å². The number of hydrogen-bond donors (Lipinski definition) is 2. The number of aliphatic hydroxyl groups is 1. The first-order chi connectivity index (χ1) is 14.6. The van der Waals surface area contributed by atoms with E-state index in [9.17, 15) is 9.90 Å². The number of carbonyl (C=O) groups excluding carboxylic acids is 1. The highest BCUT2D eigenvalue weighted by Gasteiger charge is 2.19. The van der Waals surface area contributed by atoms with E-state index in [1.165, 1.54) is 0 Å². The summed E-state index contributed by atoms with van der Waals surface area (Å²) in [6.07, 6.45) is -0.708. The SMILES string of the molecule is COc1cc(OCC(O)CN2CCNC(=O)C2)cc(-c2ccc3c(c2)OCCO3)c1. The van der Waals surface area contributed by atoms with Crippen LogP contribution in [0.3, 0.4) is 0 Å². The van der Waals surface area contributed by atoms with Gasteiger partial charge in [0.15, 0.2) is 11.5 Å². The topological polar surface area (TPSA) is 89.5 Å². The summed E-state index contributed by atoms with van der Waals surface area (Å²) in [6.45, 7) is 3.19. The van der Waals surface area contributed by atoms with Crippen LogP contribution < -0.4 is 24.3 Å². The van der Waals surface area contributed by atoms with Gasteiger partial charge in [-0.05, 0) is 35.4 Å². The highest BCUT2D eigenvalue weighted by atomic mass is 16.6. The minimum atomic E-state index is -0.708. The zero-order valence-electron chi connectivity index (χ0n) is 16.9. The molecule has 0 aromatic heterocycles. The first-order valence-corrected chi connectivity index (χ1v) is 10.00. The molecule has 0 bridgehead atoms. The van der Waals surface area contributed by atoms with Crippen LogP contribution in [-0.4, -0.2) is 75.1 Å². The molecule has 8 nitrogen and oxygen atoms in total. The molecule has 1 unspecified atom stereocenters. The van der Waals surface area contributed by atoms with Crippen LogP contribution in [0.1, 0.15) is 0 Å². The van der Waals surface area contributed by atoms with Gasteiger partial charge in [-0.1, -0.05) is 6.07 Å². The number of methoxy groups -OCH3 is 1. The number of carbonyl (C=O) groups is 1. The maximum atomic E-state index is 11.5. The molecule has 2 aliphatic rings. The fourth-order valence-corrected chi connectivity index (χ4v) is 3.55. The first-order valence-electron chi connectivity index (χ1n) is 10.00. The lowest BCUT2D eigenvalue weighted by atomic mass is 10.0. The molecule has 30 heavy (non-hydrogen) atoms. The van der Waals surface area contributed by atoms with E-state index in [0.717, 1.165) is 23.4 Å². The molecule has 2 aliphatic heterocycles. The van der Waals surface area contributed by atoms with Gasteiger partial charge in [0.05, 0.1) is 13.7 Å². The third-order valence-corrected chi connectivity index (χ3v) is 5.02. The van der Waals surface area contributed by atoms with Gasteiger partial charge in [0.25, 0.3) is 0 Å². The predicted molar refractivity (Wildman–Crippen MR) is 110 cm³/mol. The monoisotopic (exact) mass is 414 g/mol. The maximum absolute atomic E-state index is 11.5. The van der Waals surface area contributed by atoms with Crippen LogP contribution in [0, 0.1) is 0 Å². The van der Waals surface area contributed by atoms with Gasteiger partial charge in [-0.15, -0.1) is 0 Å². The van der Waals surface area contributed by atoms with Gasteiger partial charge in [-0.3, -0.25) is 9.69 Å². The standard InChI is InChI=1S/C22H26N2O6/c1-27-18-8-16(15-2-3-20-21(10-15)29-7-6-28-20)9-19(11-18)30-14-17(25)12-24-5-4-23-22(26)13-24/h2-3,8-11,17,25H,4-7,12-14H2,1H3,(H,23,26). The van der Waals surface area contributed by atoms with Crippen molar-refractivity contribution in [1.29, 1.82) is 0 Å². The lowest BCUT2D eigenvalue weighted by molar-refractivity contribution is -0.124. The fraction of sp³-hybridized carbons (Fsp3) is 0.409. The highest BCUT2D eigenvalue weighted by molar-refractivity contribution is 5.78. The number of nitrogens with zero attached hydrogens (tertiary/aromatic N) is 1. The molecule has 2 N–H and O–H groups in total. The number of aliphatic hydroxyl groups excluding tert-OH is 1. The minimum absolute atomic E-state index is 0.0220. The molecule has 8 heteroatoms. The molecule has 160 valence electrons.